The van der Waals surface area contributed by atoms with Crippen molar-refractivity contribution in [3.8, 4) is 11.5 Å². The molecule has 1 fully saturated rings. The third kappa shape index (κ3) is 5.53. The summed E-state index contributed by atoms with van der Waals surface area (Å²) in [5.41, 5.74) is 2.75. The van der Waals surface area contributed by atoms with E-state index in [2.05, 4.69) is 11.4 Å². The Morgan fingerprint density at radius 3 is 2.24 bits per heavy atom. The van der Waals surface area contributed by atoms with Crippen molar-refractivity contribution in [3.63, 3.8) is 0 Å². The minimum absolute atomic E-state index is 0.0702. The maximum Gasteiger partial charge on any atom is 0.331 e. The van der Waals surface area contributed by atoms with E-state index in [1.807, 2.05) is 26.0 Å². The lowest BCUT2D eigenvalue weighted by molar-refractivity contribution is -0.130. The van der Waals surface area contributed by atoms with Gasteiger partial charge in [0, 0.05) is 0 Å². The van der Waals surface area contributed by atoms with E-state index < -0.39 is 17.8 Å². The fourth-order valence-electron chi connectivity index (χ4n) is 3.56. The number of benzene rings is 2. The van der Waals surface area contributed by atoms with E-state index in [0.717, 1.165) is 21.8 Å². The molecule has 1 aliphatic heterocycles. The van der Waals surface area contributed by atoms with E-state index in [1.54, 1.807) is 36.4 Å². The molecule has 0 spiro atoms. The van der Waals surface area contributed by atoms with Gasteiger partial charge in [0.2, 0.25) is 0 Å². The smallest absolute Gasteiger partial charge is 0.331 e. The summed E-state index contributed by atoms with van der Waals surface area (Å²) < 4.78 is 16.6. The molecule has 34 heavy (non-hydrogen) atoms. The number of barbiturate groups is 1. The molecule has 1 saturated heterocycles. The number of nitrogens with one attached hydrogen (secondary N) is 1. The van der Waals surface area contributed by atoms with Gasteiger partial charge in [0.15, 0.2) is 0 Å². The third-order valence-electron chi connectivity index (χ3n) is 5.09. The zero-order valence-corrected chi connectivity index (χ0v) is 18.9. The first-order valence-corrected chi connectivity index (χ1v) is 10.7. The van der Waals surface area contributed by atoms with Crippen LogP contribution in [0.3, 0.4) is 0 Å². The van der Waals surface area contributed by atoms with Crippen molar-refractivity contribution in [2.24, 2.45) is 0 Å². The molecule has 4 rings (SSSR count). The van der Waals surface area contributed by atoms with Gasteiger partial charge in [-0.15, -0.1) is 0 Å². The molecule has 2 aromatic carbocycles. The molecule has 8 heteroatoms. The summed E-state index contributed by atoms with van der Waals surface area (Å²) in [5.74, 6) is 0.432. The summed E-state index contributed by atoms with van der Waals surface area (Å²) in [5, 5.41) is 2.19. The van der Waals surface area contributed by atoms with Crippen LogP contribution in [0.4, 0.5) is 4.79 Å². The maximum atomic E-state index is 12.8. The summed E-state index contributed by atoms with van der Waals surface area (Å²) in [7, 11) is 0. The Labute approximate surface area is 196 Å². The van der Waals surface area contributed by atoms with Gasteiger partial charge in [-0.2, -0.15) is 0 Å². The lowest BCUT2D eigenvalue weighted by atomic mass is 10.1. The van der Waals surface area contributed by atoms with E-state index in [9.17, 15) is 14.4 Å². The first-order chi connectivity index (χ1) is 16.4. The monoisotopic (exact) mass is 460 g/mol. The van der Waals surface area contributed by atoms with E-state index >= 15 is 0 Å². The van der Waals surface area contributed by atoms with Crippen molar-refractivity contribution >= 4 is 23.9 Å². The summed E-state index contributed by atoms with van der Waals surface area (Å²) >= 11 is 0. The predicted octanol–water partition coefficient (Wildman–Crippen LogP) is 4.02. The predicted molar refractivity (Wildman–Crippen MR) is 124 cm³/mol. The fourth-order valence-corrected chi connectivity index (χ4v) is 3.56. The highest BCUT2D eigenvalue weighted by molar-refractivity contribution is 6.30. The van der Waals surface area contributed by atoms with Crippen molar-refractivity contribution in [2.45, 2.75) is 20.4 Å². The fraction of sp³-hybridized carbons (Fsp3) is 0.192. The molecule has 0 bridgehead atoms. The van der Waals surface area contributed by atoms with Gasteiger partial charge in [0.25, 0.3) is 11.8 Å². The SMILES string of the molecule is Cc1cc(C)cc(OCCOc2ccc(C=C3C(=O)NC(=O)N(Cc4ccco4)C3=O)cc2)c1. The Balaban J connectivity index is 1.35. The van der Waals surface area contributed by atoms with Gasteiger partial charge in [-0.1, -0.05) is 18.2 Å². The number of amides is 4. The van der Waals surface area contributed by atoms with Crippen LogP contribution in [0.2, 0.25) is 0 Å². The van der Waals surface area contributed by atoms with Gasteiger partial charge in [-0.25, -0.2) is 4.79 Å². The van der Waals surface area contributed by atoms with Crippen LogP contribution in [0.25, 0.3) is 6.08 Å². The standard InChI is InChI=1S/C26H24N2O6/c1-17-12-18(2)14-22(13-17)34-11-10-33-20-7-5-19(6-8-20)15-23-24(29)27-26(31)28(25(23)30)16-21-4-3-9-32-21/h3-9,12-15H,10-11,16H2,1-2H3,(H,27,29,31). The molecule has 0 saturated carbocycles. The summed E-state index contributed by atoms with van der Waals surface area (Å²) in [6.07, 6.45) is 2.88. The Hall–Kier alpha value is -4.33. The van der Waals surface area contributed by atoms with Crippen molar-refractivity contribution in [1.29, 1.82) is 0 Å². The average molecular weight is 460 g/mol. The molecule has 1 aliphatic rings. The van der Waals surface area contributed by atoms with Crippen LogP contribution >= 0.6 is 0 Å². The number of ether oxygens (including phenoxy) is 2. The molecule has 1 aromatic heterocycles. The van der Waals surface area contributed by atoms with Crippen LogP contribution in [0.15, 0.2) is 70.9 Å². The number of urea groups is 1. The molecule has 0 radical (unpaired) electrons. The Morgan fingerprint density at radius 1 is 0.912 bits per heavy atom. The van der Waals surface area contributed by atoms with Crippen LogP contribution in [0.1, 0.15) is 22.5 Å². The van der Waals surface area contributed by atoms with E-state index in [0.29, 0.717) is 30.3 Å². The van der Waals surface area contributed by atoms with Gasteiger partial charge in [0.05, 0.1) is 12.8 Å². The number of carbonyl (C=O) groups is 3. The molecule has 174 valence electrons. The molecule has 8 nitrogen and oxygen atoms in total. The van der Waals surface area contributed by atoms with E-state index in [-0.39, 0.29) is 12.1 Å². The third-order valence-corrected chi connectivity index (χ3v) is 5.09. The highest BCUT2D eigenvalue weighted by atomic mass is 16.5. The van der Waals surface area contributed by atoms with Crippen LogP contribution in [-0.4, -0.2) is 36.0 Å². The average Bonchev–Trinajstić information content (AvgIpc) is 3.31. The van der Waals surface area contributed by atoms with Crippen LogP contribution in [-0.2, 0) is 16.1 Å². The van der Waals surface area contributed by atoms with Crippen molar-refractivity contribution in [2.75, 3.05) is 13.2 Å². The highest BCUT2D eigenvalue weighted by Gasteiger charge is 2.36. The molecule has 4 amide bonds. The van der Waals surface area contributed by atoms with Crippen LogP contribution in [0, 0.1) is 13.8 Å². The lowest BCUT2D eigenvalue weighted by Crippen LogP contribution is -2.53. The molecule has 0 unspecified atom stereocenters. The second kappa shape index (κ2) is 10.1. The summed E-state index contributed by atoms with van der Waals surface area (Å²) in [6, 6.07) is 15.5. The summed E-state index contributed by atoms with van der Waals surface area (Å²) in [4.78, 5) is 38.1. The van der Waals surface area contributed by atoms with Gasteiger partial charge in [0.1, 0.15) is 36.0 Å². The second-order valence-corrected chi connectivity index (χ2v) is 7.88. The van der Waals surface area contributed by atoms with E-state index in [4.69, 9.17) is 13.9 Å². The molecular weight excluding hydrogens is 436 g/mol. The number of hydrogen-bond acceptors (Lipinski definition) is 6. The Bertz CT molecular complexity index is 1210. The number of rotatable bonds is 8. The zero-order chi connectivity index (χ0) is 24.1. The quantitative estimate of drug-likeness (QED) is 0.310. The first kappa shape index (κ1) is 22.8. The molecule has 3 aromatic rings. The second-order valence-electron chi connectivity index (χ2n) is 7.88. The highest BCUT2D eigenvalue weighted by Crippen LogP contribution is 2.20. The largest absolute Gasteiger partial charge is 0.490 e. The Kier molecular flexibility index (Phi) is 6.77. The van der Waals surface area contributed by atoms with Gasteiger partial charge in [-0.3, -0.25) is 19.8 Å². The molecular formula is C26H24N2O6. The van der Waals surface area contributed by atoms with Crippen LogP contribution in [0.5, 0.6) is 11.5 Å². The minimum atomic E-state index is -0.782. The van der Waals surface area contributed by atoms with E-state index in [1.165, 1.54) is 12.3 Å². The lowest BCUT2D eigenvalue weighted by Gasteiger charge is -2.25. The first-order valence-electron chi connectivity index (χ1n) is 10.7. The number of carbonyl (C=O) groups excluding carboxylic acids is 3. The maximum absolute atomic E-state index is 12.8. The number of imide groups is 2. The molecule has 0 atom stereocenters. The van der Waals surface area contributed by atoms with Gasteiger partial charge in [-0.05, 0) is 73.0 Å². The van der Waals surface area contributed by atoms with Crippen molar-refractivity contribution in [3.05, 3.63) is 88.9 Å². The zero-order valence-electron chi connectivity index (χ0n) is 18.9. The van der Waals surface area contributed by atoms with Gasteiger partial charge >= 0.3 is 6.03 Å². The number of nitrogens with zero attached hydrogens (tertiary/aromatic N) is 1. The Morgan fingerprint density at radius 2 is 1.59 bits per heavy atom. The topological polar surface area (TPSA) is 98.1 Å². The number of aryl methyl sites for hydroxylation is 2. The molecule has 0 aliphatic carbocycles. The number of furan rings is 1. The van der Waals surface area contributed by atoms with Crippen molar-refractivity contribution in [1.82, 2.24) is 10.2 Å². The van der Waals surface area contributed by atoms with Crippen LogP contribution < -0.4 is 14.8 Å². The number of hydrogen-bond donors (Lipinski definition) is 1. The molecule has 1 N–H and O–H groups in total. The van der Waals surface area contributed by atoms with Crippen molar-refractivity contribution < 1.29 is 28.3 Å². The minimum Gasteiger partial charge on any atom is -0.490 e. The van der Waals surface area contributed by atoms with Gasteiger partial charge < -0.3 is 13.9 Å². The summed E-state index contributed by atoms with van der Waals surface area (Å²) in [6.45, 7) is 4.72. The molecule has 2 heterocycles. The normalized spacial score (nSPS) is 14.9.